The second-order valence-corrected chi connectivity index (χ2v) is 4.85. The maximum Gasteiger partial charge on any atom is 0.338 e. The molecular formula is C14H11BrO4. The molecule has 4 nitrogen and oxygen atoms in total. The molecule has 2 rings (SSSR count). The molecule has 1 aromatic heterocycles. The minimum atomic E-state index is -0.415. The van der Waals surface area contributed by atoms with Crippen LogP contribution in [0.15, 0.2) is 33.2 Å². The predicted molar refractivity (Wildman–Crippen MR) is 73.3 cm³/mol. The van der Waals surface area contributed by atoms with E-state index in [9.17, 15) is 9.59 Å². The summed E-state index contributed by atoms with van der Waals surface area (Å²) in [6.45, 7) is 1.80. The quantitative estimate of drug-likeness (QED) is 0.639. The molecule has 0 saturated carbocycles. The molecule has 0 N–H and O–H groups in total. The van der Waals surface area contributed by atoms with Gasteiger partial charge in [0.1, 0.15) is 5.76 Å². The highest BCUT2D eigenvalue weighted by molar-refractivity contribution is 9.10. The molecule has 0 unspecified atom stereocenters. The molecule has 0 fully saturated rings. The smallest absolute Gasteiger partial charge is 0.338 e. The Morgan fingerprint density at radius 3 is 2.68 bits per heavy atom. The van der Waals surface area contributed by atoms with Crippen molar-refractivity contribution in [2.75, 3.05) is 7.11 Å². The molecule has 0 aliphatic rings. The number of rotatable bonds is 3. The Hall–Kier alpha value is -1.88. The van der Waals surface area contributed by atoms with E-state index in [-0.39, 0.29) is 5.76 Å². The Labute approximate surface area is 118 Å². The zero-order chi connectivity index (χ0) is 14.0. The van der Waals surface area contributed by atoms with E-state index in [1.165, 1.54) is 7.11 Å². The van der Waals surface area contributed by atoms with E-state index < -0.39 is 5.97 Å². The molecule has 0 radical (unpaired) electrons. The molecule has 0 aliphatic heterocycles. The standard InChI is InChI=1S/C14H11BrO4/c1-8-11(13-4-3-10(7-16)19-13)5-9(15)6-12(8)14(17)18-2/h3-7H,1-2H3. The van der Waals surface area contributed by atoms with Crippen molar-refractivity contribution in [3.63, 3.8) is 0 Å². The Kier molecular flexibility index (Phi) is 3.85. The van der Waals surface area contributed by atoms with E-state index in [1.54, 1.807) is 25.1 Å². The summed E-state index contributed by atoms with van der Waals surface area (Å²) in [5.41, 5.74) is 1.93. The van der Waals surface area contributed by atoms with E-state index in [0.29, 0.717) is 17.6 Å². The second-order valence-electron chi connectivity index (χ2n) is 3.94. The van der Waals surface area contributed by atoms with Crippen molar-refractivity contribution in [1.29, 1.82) is 0 Å². The Morgan fingerprint density at radius 1 is 1.37 bits per heavy atom. The largest absolute Gasteiger partial charge is 0.465 e. The van der Waals surface area contributed by atoms with Gasteiger partial charge >= 0.3 is 5.97 Å². The molecule has 0 aliphatic carbocycles. The number of esters is 1. The Bertz CT molecular complexity index is 643. The van der Waals surface area contributed by atoms with Gasteiger partial charge in [0.15, 0.2) is 12.0 Å². The maximum atomic E-state index is 11.7. The van der Waals surface area contributed by atoms with Crippen molar-refractivity contribution in [3.05, 3.63) is 45.6 Å². The molecule has 0 bridgehead atoms. The van der Waals surface area contributed by atoms with Crippen LogP contribution in [0.2, 0.25) is 0 Å². The normalized spacial score (nSPS) is 10.3. The highest BCUT2D eigenvalue weighted by Crippen LogP contribution is 2.31. The third-order valence-electron chi connectivity index (χ3n) is 2.79. The van der Waals surface area contributed by atoms with Gasteiger partial charge in [-0.2, -0.15) is 0 Å². The Balaban J connectivity index is 2.60. The summed E-state index contributed by atoms with van der Waals surface area (Å²) < 4.78 is 10.9. The monoisotopic (exact) mass is 322 g/mol. The number of furan rings is 1. The van der Waals surface area contributed by atoms with E-state index in [0.717, 1.165) is 15.6 Å². The van der Waals surface area contributed by atoms with Crippen molar-refractivity contribution in [3.8, 4) is 11.3 Å². The van der Waals surface area contributed by atoms with Crippen LogP contribution in [0.5, 0.6) is 0 Å². The summed E-state index contributed by atoms with van der Waals surface area (Å²) in [7, 11) is 1.33. The van der Waals surface area contributed by atoms with Gasteiger partial charge in [0.25, 0.3) is 0 Å². The van der Waals surface area contributed by atoms with Crippen LogP contribution in [0.1, 0.15) is 26.5 Å². The van der Waals surface area contributed by atoms with Gasteiger partial charge in [0, 0.05) is 10.0 Å². The number of carbonyl (C=O) groups is 2. The van der Waals surface area contributed by atoms with Crippen LogP contribution in [0.25, 0.3) is 11.3 Å². The zero-order valence-electron chi connectivity index (χ0n) is 10.4. The minimum Gasteiger partial charge on any atom is -0.465 e. The first-order chi connectivity index (χ1) is 9.06. The fraction of sp³-hybridized carbons (Fsp3) is 0.143. The van der Waals surface area contributed by atoms with Gasteiger partial charge < -0.3 is 9.15 Å². The first-order valence-corrected chi connectivity index (χ1v) is 6.30. The van der Waals surface area contributed by atoms with Gasteiger partial charge in [-0.05, 0) is 36.8 Å². The molecule has 1 aromatic carbocycles. The lowest BCUT2D eigenvalue weighted by Crippen LogP contribution is -2.04. The number of ether oxygens (including phenoxy) is 1. The minimum absolute atomic E-state index is 0.244. The number of halogens is 1. The third-order valence-corrected chi connectivity index (χ3v) is 3.24. The van der Waals surface area contributed by atoms with Crippen LogP contribution < -0.4 is 0 Å². The lowest BCUT2D eigenvalue weighted by molar-refractivity contribution is 0.0599. The molecule has 0 amide bonds. The lowest BCUT2D eigenvalue weighted by Gasteiger charge is -2.09. The average molecular weight is 323 g/mol. The van der Waals surface area contributed by atoms with E-state index in [4.69, 9.17) is 9.15 Å². The first kappa shape index (κ1) is 13.5. The maximum absolute atomic E-state index is 11.7. The molecule has 98 valence electrons. The van der Waals surface area contributed by atoms with Crippen molar-refractivity contribution in [2.24, 2.45) is 0 Å². The summed E-state index contributed by atoms with van der Waals surface area (Å²) in [5.74, 6) is 0.363. The summed E-state index contributed by atoms with van der Waals surface area (Å²) >= 11 is 3.35. The van der Waals surface area contributed by atoms with Crippen LogP contribution in [-0.4, -0.2) is 19.4 Å². The zero-order valence-corrected chi connectivity index (χ0v) is 12.0. The van der Waals surface area contributed by atoms with Crippen molar-refractivity contribution >= 4 is 28.2 Å². The molecular weight excluding hydrogens is 312 g/mol. The first-order valence-electron chi connectivity index (χ1n) is 5.50. The van der Waals surface area contributed by atoms with Gasteiger partial charge in [-0.1, -0.05) is 15.9 Å². The van der Waals surface area contributed by atoms with E-state index in [2.05, 4.69) is 15.9 Å². The number of hydrogen-bond donors (Lipinski definition) is 0. The Morgan fingerprint density at radius 2 is 2.11 bits per heavy atom. The number of methoxy groups -OCH3 is 1. The predicted octanol–water partition coefficient (Wildman–Crippen LogP) is 3.62. The topological polar surface area (TPSA) is 56.5 Å². The number of carbonyl (C=O) groups excluding carboxylic acids is 2. The van der Waals surface area contributed by atoms with Gasteiger partial charge in [0.2, 0.25) is 0 Å². The molecule has 2 aromatic rings. The highest BCUT2D eigenvalue weighted by atomic mass is 79.9. The van der Waals surface area contributed by atoms with Gasteiger partial charge in [-0.3, -0.25) is 4.79 Å². The van der Waals surface area contributed by atoms with Gasteiger partial charge in [-0.25, -0.2) is 4.79 Å². The van der Waals surface area contributed by atoms with Gasteiger partial charge in [-0.15, -0.1) is 0 Å². The van der Waals surface area contributed by atoms with Crippen molar-refractivity contribution in [1.82, 2.24) is 0 Å². The van der Waals surface area contributed by atoms with Crippen LogP contribution >= 0.6 is 15.9 Å². The molecule has 0 spiro atoms. The molecule has 0 atom stereocenters. The van der Waals surface area contributed by atoms with Crippen molar-refractivity contribution in [2.45, 2.75) is 6.92 Å². The van der Waals surface area contributed by atoms with Crippen LogP contribution in [0.4, 0.5) is 0 Å². The van der Waals surface area contributed by atoms with Crippen molar-refractivity contribution < 1.29 is 18.7 Å². The van der Waals surface area contributed by atoms with Crippen LogP contribution in [0, 0.1) is 6.92 Å². The average Bonchev–Trinajstić information content (AvgIpc) is 2.88. The fourth-order valence-corrected chi connectivity index (χ4v) is 2.28. The summed E-state index contributed by atoms with van der Waals surface area (Å²) in [6.07, 6.45) is 0.637. The second kappa shape index (κ2) is 5.40. The number of hydrogen-bond acceptors (Lipinski definition) is 4. The molecule has 0 saturated heterocycles. The SMILES string of the molecule is COC(=O)c1cc(Br)cc(-c2ccc(C=O)o2)c1C. The third kappa shape index (κ3) is 2.61. The highest BCUT2D eigenvalue weighted by Gasteiger charge is 2.16. The number of aldehydes is 1. The molecule has 19 heavy (non-hydrogen) atoms. The van der Waals surface area contributed by atoms with Crippen LogP contribution in [-0.2, 0) is 4.74 Å². The summed E-state index contributed by atoms with van der Waals surface area (Å²) in [6, 6.07) is 6.80. The summed E-state index contributed by atoms with van der Waals surface area (Å²) in [5, 5.41) is 0. The molecule has 5 heteroatoms. The summed E-state index contributed by atoms with van der Waals surface area (Å²) in [4.78, 5) is 22.3. The number of benzene rings is 1. The van der Waals surface area contributed by atoms with Gasteiger partial charge in [0.05, 0.1) is 12.7 Å². The lowest BCUT2D eigenvalue weighted by atomic mass is 10.0. The van der Waals surface area contributed by atoms with E-state index >= 15 is 0 Å². The van der Waals surface area contributed by atoms with Crippen LogP contribution in [0.3, 0.4) is 0 Å². The molecule has 1 heterocycles. The van der Waals surface area contributed by atoms with E-state index in [1.807, 2.05) is 6.07 Å². The fourth-order valence-electron chi connectivity index (χ4n) is 1.82.